The Morgan fingerprint density at radius 2 is 1.77 bits per heavy atom. The van der Waals surface area contributed by atoms with Crippen LogP contribution in [0.2, 0.25) is 0 Å². The van der Waals surface area contributed by atoms with Crippen LogP contribution in [-0.4, -0.2) is 6.61 Å². The molecule has 0 saturated heterocycles. The van der Waals surface area contributed by atoms with E-state index in [1.165, 1.54) is 0 Å². The van der Waals surface area contributed by atoms with Crippen LogP contribution in [0.25, 0.3) is 0 Å². The molecule has 1 nitrogen and oxygen atoms in total. The first kappa shape index (κ1) is 14.1. The van der Waals surface area contributed by atoms with Gasteiger partial charge in [0.05, 0.1) is 0 Å². The van der Waals surface area contributed by atoms with Gasteiger partial charge in [0.25, 0.3) is 0 Å². The van der Waals surface area contributed by atoms with Gasteiger partial charge in [0.15, 0.2) is 0 Å². The van der Waals surface area contributed by atoms with E-state index in [1.807, 2.05) is 44.2 Å². The Hall–Kier alpha value is -1.42. The van der Waals surface area contributed by atoms with Gasteiger partial charge in [-0.05, 0) is 12.1 Å². The fourth-order valence-corrected chi connectivity index (χ4v) is 0.642. The summed E-state index contributed by atoms with van der Waals surface area (Å²) in [5.74, 6) is 3.21. The lowest BCUT2D eigenvalue weighted by atomic mass is 10.3. The molecule has 0 amide bonds. The van der Waals surface area contributed by atoms with Crippen LogP contribution in [0.5, 0.6) is 5.75 Å². The highest BCUT2D eigenvalue weighted by Gasteiger charge is 1.85. The lowest BCUT2D eigenvalue weighted by Gasteiger charge is -1.98. The fourth-order valence-electron chi connectivity index (χ4n) is 0.642. The van der Waals surface area contributed by atoms with Gasteiger partial charge in [0, 0.05) is 0 Å². The second-order valence-corrected chi connectivity index (χ2v) is 1.81. The molecule has 0 saturated carbocycles. The molecule has 0 aliphatic heterocycles. The summed E-state index contributed by atoms with van der Waals surface area (Å²) in [6, 6.07) is 9.50. The number of para-hydroxylation sites is 1. The monoisotopic (exact) mass is 178 g/mol. The van der Waals surface area contributed by atoms with E-state index in [4.69, 9.17) is 11.2 Å². The van der Waals surface area contributed by atoms with Crippen LogP contribution in [0.3, 0.4) is 0 Å². The predicted molar refractivity (Wildman–Crippen MR) is 58.8 cm³/mol. The van der Waals surface area contributed by atoms with Crippen molar-refractivity contribution < 1.29 is 4.74 Å². The van der Waals surface area contributed by atoms with E-state index >= 15 is 0 Å². The molecule has 0 aliphatic carbocycles. The molecule has 0 N–H and O–H groups in total. The molecular weight excluding hydrogens is 160 g/mol. The number of hydrogen-bond donors (Lipinski definition) is 0. The molecule has 72 valence electrons. The molecule has 0 atom stereocenters. The molecule has 0 bridgehead atoms. The van der Waals surface area contributed by atoms with Gasteiger partial charge in [-0.25, -0.2) is 0 Å². The maximum absolute atomic E-state index is 5.12. The van der Waals surface area contributed by atoms with Gasteiger partial charge >= 0.3 is 0 Å². The summed E-state index contributed by atoms with van der Waals surface area (Å²) >= 11 is 0. The van der Waals surface area contributed by atoms with Crippen molar-refractivity contribution >= 4 is 0 Å². The van der Waals surface area contributed by atoms with Gasteiger partial charge in [0.2, 0.25) is 0 Å². The quantitative estimate of drug-likeness (QED) is 0.631. The predicted octanol–water partition coefficient (Wildman–Crippen LogP) is 3.36. The van der Waals surface area contributed by atoms with Crippen molar-refractivity contribution in [3.63, 3.8) is 0 Å². The highest BCUT2D eigenvalue weighted by molar-refractivity contribution is 5.21. The second kappa shape index (κ2) is 10.6. The number of terminal acetylenes is 1. The third-order valence-corrected chi connectivity index (χ3v) is 1.07. The standard InChI is InChI=1S/C9H8O.C2H6.CH4/c1-2-8-10-9-6-4-3-5-7-9;1-2;/h1,3-7H,8H2;1-2H3;1H4. The van der Waals surface area contributed by atoms with Gasteiger partial charge in [-0.3, -0.25) is 0 Å². The summed E-state index contributed by atoms with van der Waals surface area (Å²) in [5, 5.41) is 0. The van der Waals surface area contributed by atoms with Crippen molar-refractivity contribution in [2.75, 3.05) is 6.61 Å². The van der Waals surface area contributed by atoms with E-state index in [0.29, 0.717) is 6.61 Å². The van der Waals surface area contributed by atoms with Crippen LogP contribution >= 0.6 is 0 Å². The molecule has 1 rings (SSSR count). The smallest absolute Gasteiger partial charge is 0.148 e. The van der Waals surface area contributed by atoms with Crippen LogP contribution < -0.4 is 4.74 Å². The Balaban J connectivity index is 0. The minimum absolute atomic E-state index is 0. The molecule has 0 unspecified atom stereocenters. The van der Waals surface area contributed by atoms with Crippen LogP contribution in [-0.2, 0) is 0 Å². The minimum atomic E-state index is 0. The van der Waals surface area contributed by atoms with Crippen LogP contribution in [0.15, 0.2) is 30.3 Å². The Kier molecular flexibility index (Phi) is 11.5. The molecule has 0 heterocycles. The van der Waals surface area contributed by atoms with E-state index in [0.717, 1.165) is 5.75 Å². The molecular formula is C12H18O. The fraction of sp³-hybridized carbons (Fsp3) is 0.333. The largest absolute Gasteiger partial charge is 0.481 e. The van der Waals surface area contributed by atoms with E-state index in [9.17, 15) is 0 Å². The highest BCUT2D eigenvalue weighted by Crippen LogP contribution is 2.06. The average Bonchev–Trinajstić information content (AvgIpc) is 2.19. The summed E-state index contributed by atoms with van der Waals surface area (Å²) in [4.78, 5) is 0. The average molecular weight is 178 g/mol. The Bertz CT molecular complexity index is 221. The molecule has 1 heteroatoms. The molecule has 1 aromatic rings. The van der Waals surface area contributed by atoms with Crippen molar-refractivity contribution in [1.29, 1.82) is 0 Å². The van der Waals surface area contributed by atoms with Gasteiger partial charge in [-0.1, -0.05) is 45.4 Å². The molecule has 0 aromatic heterocycles. The molecule has 0 spiro atoms. The van der Waals surface area contributed by atoms with Crippen LogP contribution in [0.4, 0.5) is 0 Å². The third kappa shape index (κ3) is 6.96. The van der Waals surface area contributed by atoms with Crippen molar-refractivity contribution in [3.05, 3.63) is 30.3 Å². The topological polar surface area (TPSA) is 9.23 Å². The Labute approximate surface area is 81.7 Å². The number of ether oxygens (including phenoxy) is 1. The van der Waals surface area contributed by atoms with Gasteiger partial charge in [0.1, 0.15) is 12.4 Å². The van der Waals surface area contributed by atoms with Crippen molar-refractivity contribution in [2.24, 2.45) is 0 Å². The normalized spacial score (nSPS) is 6.85. The van der Waals surface area contributed by atoms with E-state index < -0.39 is 0 Å². The third-order valence-electron chi connectivity index (χ3n) is 1.07. The molecule has 1 aromatic carbocycles. The zero-order valence-electron chi connectivity index (χ0n) is 7.58. The number of benzene rings is 1. The maximum atomic E-state index is 5.12. The van der Waals surface area contributed by atoms with Crippen molar-refractivity contribution in [1.82, 2.24) is 0 Å². The van der Waals surface area contributed by atoms with Gasteiger partial charge < -0.3 is 4.74 Å². The van der Waals surface area contributed by atoms with Crippen LogP contribution in [0, 0.1) is 12.3 Å². The summed E-state index contributed by atoms with van der Waals surface area (Å²) in [6.07, 6.45) is 5.00. The summed E-state index contributed by atoms with van der Waals surface area (Å²) < 4.78 is 5.12. The maximum Gasteiger partial charge on any atom is 0.148 e. The van der Waals surface area contributed by atoms with Crippen LogP contribution in [0.1, 0.15) is 21.3 Å². The SMILES string of the molecule is C.C#CCOc1ccccc1.CC. The number of hydrogen-bond acceptors (Lipinski definition) is 1. The number of rotatable bonds is 2. The summed E-state index contributed by atoms with van der Waals surface area (Å²) in [6.45, 7) is 4.34. The molecule has 0 radical (unpaired) electrons. The first-order valence-electron chi connectivity index (χ1n) is 4.05. The van der Waals surface area contributed by atoms with E-state index in [1.54, 1.807) is 0 Å². The summed E-state index contributed by atoms with van der Waals surface area (Å²) in [5.41, 5.74) is 0. The zero-order chi connectivity index (χ0) is 9.23. The lowest BCUT2D eigenvalue weighted by Crippen LogP contribution is -1.91. The van der Waals surface area contributed by atoms with E-state index in [2.05, 4.69) is 5.92 Å². The second-order valence-electron chi connectivity index (χ2n) is 1.81. The highest BCUT2D eigenvalue weighted by atomic mass is 16.5. The lowest BCUT2D eigenvalue weighted by molar-refractivity contribution is 0.370. The Morgan fingerprint density at radius 1 is 1.23 bits per heavy atom. The molecule has 0 aliphatic rings. The Morgan fingerprint density at radius 3 is 2.23 bits per heavy atom. The molecule has 13 heavy (non-hydrogen) atoms. The van der Waals surface area contributed by atoms with Gasteiger partial charge in [-0.2, -0.15) is 0 Å². The van der Waals surface area contributed by atoms with Gasteiger partial charge in [-0.15, -0.1) is 6.42 Å². The first-order chi connectivity index (χ1) is 5.93. The first-order valence-corrected chi connectivity index (χ1v) is 4.05. The molecule has 0 fully saturated rings. The van der Waals surface area contributed by atoms with E-state index in [-0.39, 0.29) is 7.43 Å². The minimum Gasteiger partial charge on any atom is -0.481 e. The van der Waals surface area contributed by atoms with Crippen molar-refractivity contribution in [2.45, 2.75) is 21.3 Å². The van der Waals surface area contributed by atoms with Crippen molar-refractivity contribution in [3.8, 4) is 18.1 Å². The summed E-state index contributed by atoms with van der Waals surface area (Å²) in [7, 11) is 0. The zero-order valence-corrected chi connectivity index (χ0v) is 7.58.